The topological polar surface area (TPSA) is 52.3 Å². The van der Waals surface area contributed by atoms with Crippen molar-refractivity contribution in [3.05, 3.63) is 41.5 Å². The minimum absolute atomic E-state index is 0.401. The van der Waals surface area contributed by atoms with Crippen molar-refractivity contribution in [3.8, 4) is 5.75 Å². The molecule has 0 atom stereocenters. The van der Waals surface area contributed by atoms with Crippen molar-refractivity contribution in [2.45, 2.75) is 26.7 Å². The molecule has 0 bridgehead atoms. The maximum absolute atomic E-state index is 5.42. The van der Waals surface area contributed by atoms with Crippen LogP contribution in [-0.4, -0.2) is 28.2 Å². The van der Waals surface area contributed by atoms with Gasteiger partial charge in [0.2, 0.25) is 0 Å². The highest BCUT2D eigenvalue weighted by atomic mass is 16.5. The highest BCUT2D eigenvalue weighted by Gasteiger charge is 2.10. The fourth-order valence-corrected chi connectivity index (χ4v) is 1.87. The number of aromatic nitrogens is 3. The van der Waals surface area contributed by atoms with E-state index in [1.807, 2.05) is 19.2 Å². The molecule has 2 rings (SSSR count). The van der Waals surface area contributed by atoms with Crippen LogP contribution >= 0.6 is 0 Å². The van der Waals surface area contributed by atoms with Gasteiger partial charge in [0.05, 0.1) is 13.3 Å². The van der Waals surface area contributed by atoms with Crippen LogP contribution in [-0.2, 0) is 0 Å². The van der Waals surface area contributed by atoms with Gasteiger partial charge in [-0.05, 0) is 41.7 Å². The maximum Gasteiger partial charge on any atom is 0.141 e. The van der Waals surface area contributed by atoms with Crippen LogP contribution in [0.25, 0.3) is 0 Å². The molecule has 0 N–H and O–H groups in total. The van der Waals surface area contributed by atoms with Gasteiger partial charge >= 0.3 is 0 Å². The van der Waals surface area contributed by atoms with Gasteiger partial charge in [0.25, 0.3) is 0 Å². The average Bonchev–Trinajstić information content (AvgIpc) is 2.89. The van der Waals surface area contributed by atoms with Crippen molar-refractivity contribution < 1.29 is 4.74 Å². The fraction of sp³-hybridized carbons (Fsp3) is 0.357. The molecule has 0 spiro atoms. The zero-order valence-electron chi connectivity index (χ0n) is 11.7. The molecule has 0 fully saturated rings. The third-order valence-electron chi connectivity index (χ3n) is 2.98. The lowest BCUT2D eigenvalue weighted by molar-refractivity contribution is 0.407. The van der Waals surface area contributed by atoms with Crippen molar-refractivity contribution in [1.29, 1.82) is 0 Å². The Kier molecular flexibility index (Phi) is 3.94. The van der Waals surface area contributed by atoms with Crippen molar-refractivity contribution in [2.24, 2.45) is 5.10 Å². The number of hydrogen-bond acceptors (Lipinski definition) is 4. The second-order valence-electron chi connectivity index (χ2n) is 4.69. The Morgan fingerprint density at radius 1 is 1.26 bits per heavy atom. The average molecular weight is 258 g/mol. The van der Waals surface area contributed by atoms with Crippen molar-refractivity contribution in [1.82, 2.24) is 14.9 Å². The van der Waals surface area contributed by atoms with Crippen LogP contribution < -0.4 is 4.74 Å². The summed E-state index contributed by atoms with van der Waals surface area (Å²) in [6.45, 7) is 6.34. The molecule has 100 valence electrons. The molecule has 0 aliphatic rings. The molecule has 1 aromatic heterocycles. The second kappa shape index (κ2) is 5.65. The Labute approximate surface area is 112 Å². The number of ether oxygens (including phenoxy) is 1. The van der Waals surface area contributed by atoms with Crippen LogP contribution in [0.15, 0.2) is 29.9 Å². The quantitative estimate of drug-likeness (QED) is 0.792. The molecule has 0 saturated heterocycles. The number of hydrogen-bond donors (Lipinski definition) is 0. The van der Waals surface area contributed by atoms with E-state index in [0.717, 1.165) is 16.9 Å². The number of nitrogens with zero attached hydrogens (tertiary/aromatic N) is 4. The van der Waals surface area contributed by atoms with Crippen LogP contribution in [0, 0.1) is 6.92 Å². The van der Waals surface area contributed by atoms with E-state index in [1.54, 1.807) is 24.4 Å². The van der Waals surface area contributed by atoms with Gasteiger partial charge in [0.1, 0.15) is 18.4 Å². The number of benzene rings is 1. The Morgan fingerprint density at radius 2 is 1.95 bits per heavy atom. The summed E-state index contributed by atoms with van der Waals surface area (Å²) >= 11 is 0. The first kappa shape index (κ1) is 13.3. The molecular weight excluding hydrogens is 240 g/mol. The monoisotopic (exact) mass is 258 g/mol. The predicted octanol–water partition coefficient (Wildman–Crippen LogP) is 2.60. The van der Waals surface area contributed by atoms with E-state index < -0.39 is 0 Å². The number of methoxy groups -OCH3 is 1. The van der Waals surface area contributed by atoms with Crippen LogP contribution in [0.3, 0.4) is 0 Å². The molecule has 1 aromatic carbocycles. The maximum atomic E-state index is 5.42. The second-order valence-corrected chi connectivity index (χ2v) is 4.69. The zero-order chi connectivity index (χ0) is 13.8. The van der Waals surface area contributed by atoms with Crippen LogP contribution in [0.1, 0.15) is 36.5 Å². The molecule has 0 unspecified atom stereocenters. The summed E-state index contributed by atoms with van der Waals surface area (Å²) in [6.07, 6.45) is 4.92. The Bertz CT molecular complexity index is 573. The molecule has 0 saturated carbocycles. The summed E-state index contributed by atoms with van der Waals surface area (Å²) in [5.74, 6) is 1.33. The van der Waals surface area contributed by atoms with Crippen molar-refractivity contribution >= 4 is 6.21 Å². The summed E-state index contributed by atoms with van der Waals surface area (Å²) in [7, 11) is 1.70. The van der Waals surface area contributed by atoms with E-state index >= 15 is 0 Å². The van der Waals surface area contributed by atoms with Crippen molar-refractivity contribution in [3.63, 3.8) is 0 Å². The first-order chi connectivity index (χ1) is 9.11. The van der Waals surface area contributed by atoms with E-state index in [0.29, 0.717) is 5.92 Å². The Hall–Kier alpha value is -2.17. The first-order valence-corrected chi connectivity index (χ1v) is 6.19. The van der Waals surface area contributed by atoms with E-state index in [4.69, 9.17) is 4.74 Å². The third kappa shape index (κ3) is 2.99. The van der Waals surface area contributed by atoms with E-state index in [-0.39, 0.29) is 0 Å². The Morgan fingerprint density at radius 3 is 2.53 bits per heavy atom. The molecule has 19 heavy (non-hydrogen) atoms. The van der Waals surface area contributed by atoms with Crippen LogP contribution in [0.2, 0.25) is 0 Å². The minimum Gasteiger partial charge on any atom is -0.496 e. The van der Waals surface area contributed by atoms with E-state index in [2.05, 4.69) is 35.2 Å². The predicted molar refractivity (Wildman–Crippen MR) is 74.8 cm³/mol. The highest BCUT2D eigenvalue weighted by Crippen LogP contribution is 2.28. The van der Waals surface area contributed by atoms with Crippen molar-refractivity contribution in [2.75, 3.05) is 7.11 Å². The molecule has 0 amide bonds. The molecule has 5 heteroatoms. The summed E-state index contributed by atoms with van der Waals surface area (Å²) < 4.78 is 6.99. The summed E-state index contributed by atoms with van der Waals surface area (Å²) in [5.41, 5.74) is 3.37. The minimum atomic E-state index is 0.401. The lowest BCUT2D eigenvalue weighted by Gasteiger charge is -2.14. The van der Waals surface area contributed by atoms with E-state index in [9.17, 15) is 0 Å². The smallest absolute Gasteiger partial charge is 0.141 e. The van der Waals surface area contributed by atoms with Gasteiger partial charge in [-0.25, -0.2) is 4.68 Å². The SMILES string of the molecule is COc1cc(C)c(/C=N\n2cnnc2)cc1C(C)C. The zero-order valence-corrected chi connectivity index (χ0v) is 11.7. The lowest BCUT2D eigenvalue weighted by atomic mass is 9.97. The normalized spacial score (nSPS) is 11.4. The van der Waals surface area contributed by atoms with Gasteiger partial charge < -0.3 is 4.74 Å². The molecule has 0 aliphatic heterocycles. The summed E-state index contributed by atoms with van der Waals surface area (Å²) in [4.78, 5) is 0. The van der Waals surface area contributed by atoms with Gasteiger partial charge in [-0.3, -0.25) is 0 Å². The highest BCUT2D eigenvalue weighted by molar-refractivity contribution is 5.82. The van der Waals surface area contributed by atoms with Gasteiger partial charge in [-0.2, -0.15) is 5.10 Å². The molecule has 1 heterocycles. The summed E-state index contributed by atoms with van der Waals surface area (Å²) in [5, 5.41) is 11.7. The lowest BCUT2D eigenvalue weighted by Crippen LogP contribution is -1.99. The van der Waals surface area contributed by atoms with E-state index in [1.165, 1.54) is 5.56 Å². The number of rotatable bonds is 4. The standard InChI is InChI=1S/C14H18N4O/c1-10(2)13-6-12(11(3)5-14(13)19-4)7-17-18-8-15-16-9-18/h5-10H,1-4H3/b17-7-. The largest absolute Gasteiger partial charge is 0.496 e. The molecule has 0 radical (unpaired) electrons. The molecular formula is C14H18N4O. The molecule has 5 nitrogen and oxygen atoms in total. The van der Waals surface area contributed by atoms with Gasteiger partial charge in [0, 0.05) is 0 Å². The number of aryl methyl sites for hydroxylation is 1. The third-order valence-corrected chi connectivity index (χ3v) is 2.98. The Balaban J connectivity index is 2.38. The molecule has 2 aromatic rings. The summed E-state index contributed by atoms with van der Waals surface area (Å²) in [6, 6.07) is 4.16. The van der Waals surface area contributed by atoms with Crippen LogP contribution in [0.5, 0.6) is 5.75 Å². The first-order valence-electron chi connectivity index (χ1n) is 6.19. The fourth-order valence-electron chi connectivity index (χ4n) is 1.87. The van der Waals surface area contributed by atoms with Gasteiger partial charge in [-0.15, -0.1) is 10.2 Å². The molecule has 0 aliphatic carbocycles. The van der Waals surface area contributed by atoms with Gasteiger partial charge in [0.15, 0.2) is 0 Å². The van der Waals surface area contributed by atoms with Crippen LogP contribution in [0.4, 0.5) is 0 Å². The van der Waals surface area contributed by atoms with Gasteiger partial charge in [-0.1, -0.05) is 13.8 Å².